The van der Waals surface area contributed by atoms with Gasteiger partial charge in [-0.1, -0.05) is 30.7 Å². The van der Waals surface area contributed by atoms with E-state index in [2.05, 4.69) is 10.1 Å². The molecule has 1 atom stereocenters. The standard InChI is InChI=1S/C25H29ClF3N3O3/c1-3-12-31(16-18-7-6-8-20(14-18)35-25(27,28)29)22-11-10-19(15-21(22)26)30-24(34)23-9-4-5-13-32(23)17(2)33/h6-8,10-11,14-15,23H,3-5,9,12-13,16H2,1-2H3,(H,30,34)/t23-/m1/s1. The van der Waals surface area contributed by atoms with Gasteiger partial charge in [-0.05, 0) is 61.6 Å². The molecule has 3 rings (SSSR count). The van der Waals surface area contributed by atoms with Crippen molar-refractivity contribution in [3.05, 3.63) is 53.1 Å². The molecular formula is C25H29ClF3N3O3. The number of carbonyl (C=O) groups excluding carboxylic acids is 2. The summed E-state index contributed by atoms with van der Waals surface area (Å²) < 4.78 is 41.8. The lowest BCUT2D eigenvalue weighted by molar-refractivity contribution is -0.274. The Labute approximate surface area is 208 Å². The van der Waals surface area contributed by atoms with Crippen LogP contribution in [0.3, 0.4) is 0 Å². The average molecular weight is 512 g/mol. The second-order valence-corrected chi connectivity index (χ2v) is 8.90. The molecule has 0 unspecified atom stereocenters. The minimum absolute atomic E-state index is 0.127. The number of nitrogens with zero attached hydrogens (tertiary/aromatic N) is 2. The van der Waals surface area contributed by atoms with Crippen molar-refractivity contribution in [3.8, 4) is 5.75 Å². The number of halogens is 4. The van der Waals surface area contributed by atoms with E-state index in [9.17, 15) is 22.8 Å². The molecule has 1 N–H and O–H groups in total. The van der Waals surface area contributed by atoms with Gasteiger partial charge >= 0.3 is 6.36 Å². The largest absolute Gasteiger partial charge is 0.573 e. The number of alkyl halides is 3. The summed E-state index contributed by atoms with van der Waals surface area (Å²) in [6.45, 7) is 4.96. The Morgan fingerprint density at radius 2 is 1.97 bits per heavy atom. The molecule has 2 aromatic carbocycles. The number of likely N-dealkylation sites (tertiary alicyclic amines) is 1. The number of nitrogens with one attached hydrogen (secondary N) is 1. The van der Waals surface area contributed by atoms with E-state index in [1.165, 1.54) is 25.1 Å². The highest BCUT2D eigenvalue weighted by molar-refractivity contribution is 6.33. The van der Waals surface area contributed by atoms with Crippen LogP contribution in [0.25, 0.3) is 0 Å². The Bertz CT molecular complexity index is 1050. The quantitative estimate of drug-likeness (QED) is 0.472. The topological polar surface area (TPSA) is 61.9 Å². The van der Waals surface area contributed by atoms with Crippen LogP contribution < -0.4 is 15.0 Å². The second-order valence-electron chi connectivity index (χ2n) is 8.50. The smallest absolute Gasteiger partial charge is 0.406 e. The number of rotatable bonds is 8. The molecule has 35 heavy (non-hydrogen) atoms. The highest BCUT2D eigenvalue weighted by Gasteiger charge is 2.31. The number of carbonyl (C=O) groups is 2. The number of anilines is 2. The Kier molecular flexibility index (Phi) is 8.88. The summed E-state index contributed by atoms with van der Waals surface area (Å²) in [6, 6.07) is 10.5. The van der Waals surface area contributed by atoms with Crippen molar-refractivity contribution in [1.29, 1.82) is 0 Å². The molecule has 0 aromatic heterocycles. The summed E-state index contributed by atoms with van der Waals surface area (Å²) in [5.41, 5.74) is 1.84. The van der Waals surface area contributed by atoms with Crippen LogP contribution >= 0.6 is 11.6 Å². The van der Waals surface area contributed by atoms with E-state index in [0.717, 1.165) is 19.3 Å². The van der Waals surface area contributed by atoms with E-state index in [1.54, 1.807) is 29.2 Å². The predicted molar refractivity (Wildman–Crippen MR) is 130 cm³/mol. The van der Waals surface area contributed by atoms with Gasteiger partial charge in [0.2, 0.25) is 11.8 Å². The summed E-state index contributed by atoms with van der Waals surface area (Å²) in [4.78, 5) is 28.3. The fourth-order valence-electron chi connectivity index (χ4n) is 4.26. The van der Waals surface area contributed by atoms with Crippen LogP contribution in [0.15, 0.2) is 42.5 Å². The van der Waals surface area contributed by atoms with Crippen molar-refractivity contribution < 1.29 is 27.5 Å². The highest BCUT2D eigenvalue weighted by Crippen LogP contribution is 2.32. The molecule has 0 bridgehead atoms. The fourth-order valence-corrected chi connectivity index (χ4v) is 4.56. The number of hydrogen-bond acceptors (Lipinski definition) is 4. The predicted octanol–water partition coefficient (Wildman–Crippen LogP) is 5.99. The first-order valence-electron chi connectivity index (χ1n) is 11.5. The van der Waals surface area contributed by atoms with E-state index >= 15 is 0 Å². The summed E-state index contributed by atoms with van der Waals surface area (Å²) in [6.07, 6.45) is -1.61. The van der Waals surface area contributed by atoms with Crippen LogP contribution in [0.4, 0.5) is 24.5 Å². The maximum atomic E-state index is 12.8. The van der Waals surface area contributed by atoms with Crippen LogP contribution in [0.1, 0.15) is 45.1 Å². The molecule has 1 aliphatic heterocycles. The zero-order valence-electron chi connectivity index (χ0n) is 19.7. The SMILES string of the molecule is CCCN(Cc1cccc(OC(F)(F)F)c1)c1ccc(NC(=O)[C@H]2CCCCN2C(C)=O)cc1Cl. The number of hydrogen-bond donors (Lipinski definition) is 1. The first-order chi connectivity index (χ1) is 16.6. The van der Waals surface area contributed by atoms with Crippen molar-refractivity contribution >= 4 is 34.8 Å². The lowest BCUT2D eigenvalue weighted by Crippen LogP contribution is -2.49. The van der Waals surface area contributed by atoms with Gasteiger partial charge in [0.25, 0.3) is 0 Å². The van der Waals surface area contributed by atoms with Crippen molar-refractivity contribution in [2.24, 2.45) is 0 Å². The second kappa shape index (κ2) is 11.7. The van der Waals surface area contributed by atoms with Crippen molar-refractivity contribution in [2.45, 2.75) is 58.5 Å². The molecule has 1 saturated heterocycles. The lowest BCUT2D eigenvalue weighted by atomic mass is 10.0. The zero-order chi connectivity index (χ0) is 25.6. The van der Waals surface area contributed by atoms with Crippen LogP contribution in [-0.4, -0.2) is 42.2 Å². The van der Waals surface area contributed by atoms with Gasteiger partial charge in [-0.3, -0.25) is 9.59 Å². The molecule has 0 aliphatic carbocycles. The van der Waals surface area contributed by atoms with Gasteiger partial charge in [0.1, 0.15) is 11.8 Å². The van der Waals surface area contributed by atoms with Crippen LogP contribution in [0, 0.1) is 0 Å². The first-order valence-corrected chi connectivity index (χ1v) is 11.9. The van der Waals surface area contributed by atoms with Gasteiger partial charge < -0.3 is 19.9 Å². The fraction of sp³-hybridized carbons (Fsp3) is 0.440. The van der Waals surface area contributed by atoms with Gasteiger partial charge in [0.15, 0.2) is 0 Å². The van der Waals surface area contributed by atoms with Crippen molar-refractivity contribution in [2.75, 3.05) is 23.3 Å². The summed E-state index contributed by atoms with van der Waals surface area (Å²) in [5, 5.41) is 3.25. The zero-order valence-corrected chi connectivity index (χ0v) is 20.5. The number of amides is 2. The Hall–Kier alpha value is -2.94. The molecule has 2 amide bonds. The maximum absolute atomic E-state index is 12.8. The Morgan fingerprint density at radius 3 is 2.63 bits per heavy atom. The van der Waals surface area contributed by atoms with E-state index in [4.69, 9.17) is 11.6 Å². The van der Waals surface area contributed by atoms with Gasteiger partial charge in [-0.2, -0.15) is 0 Å². The minimum Gasteiger partial charge on any atom is -0.406 e. The van der Waals surface area contributed by atoms with Gasteiger partial charge in [0.05, 0.1) is 10.7 Å². The number of ether oxygens (including phenoxy) is 1. The molecule has 190 valence electrons. The summed E-state index contributed by atoms with van der Waals surface area (Å²) in [5.74, 6) is -0.660. The minimum atomic E-state index is -4.76. The third kappa shape index (κ3) is 7.52. The molecule has 1 heterocycles. The van der Waals surface area contributed by atoms with Gasteiger partial charge in [-0.25, -0.2) is 0 Å². The molecule has 2 aromatic rings. The Morgan fingerprint density at radius 1 is 1.20 bits per heavy atom. The molecule has 0 spiro atoms. The van der Waals surface area contributed by atoms with E-state index in [-0.39, 0.29) is 17.6 Å². The van der Waals surface area contributed by atoms with Crippen LogP contribution in [0.2, 0.25) is 5.02 Å². The van der Waals surface area contributed by atoms with Crippen molar-refractivity contribution in [1.82, 2.24) is 4.90 Å². The lowest BCUT2D eigenvalue weighted by Gasteiger charge is -2.34. The molecule has 0 radical (unpaired) electrons. The Balaban J connectivity index is 1.74. The van der Waals surface area contributed by atoms with Gasteiger partial charge in [0, 0.05) is 32.2 Å². The molecular weight excluding hydrogens is 483 g/mol. The van der Waals surface area contributed by atoms with E-state index in [1.807, 2.05) is 11.8 Å². The van der Waals surface area contributed by atoms with E-state index < -0.39 is 12.4 Å². The van der Waals surface area contributed by atoms with Gasteiger partial charge in [-0.15, -0.1) is 13.2 Å². The molecule has 10 heteroatoms. The normalized spacial score (nSPS) is 16.1. The summed E-state index contributed by atoms with van der Waals surface area (Å²) >= 11 is 6.56. The third-order valence-corrected chi connectivity index (χ3v) is 6.07. The maximum Gasteiger partial charge on any atom is 0.573 e. The third-order valence-electron chi connectivity index (χ3n) is 5.76. The van der Waals surface area contributed by atoms with Crippen LogP contribution in [-0.2, 0) is 16.1 Å². The molecule has 0 saturated carbocycles. The number of piperidine rings is 1. The molecule has 1 aliphatic rings. The van der Waals surface area contributed by atoms with Crippen molar-refractivity contribution in [3.63, 3.8) is 0 Å². The number of benzene rings is 2. The molecule has 6 nitrogen and oxygen atoms in total. The van der Waals surface area contributed by atoms with E-state index in [0.29, 0.717) is 48.0 Å². The average Bonchev–Trinajstić information content (AvgIpc) is 2.78. The first kappa shape index (κ1) is 26.7. The monoisotopic (exact) mass is 511 g/mol. The van der Waals surface area contributed by atoms with Crippen LogP contribution in [0.5, 0.6) is 5.75 Å². The molecule has 1 fully saturated rings. The highest BCUT2D eigenvalue weighted by atomic mass is 35.5. The summed E-state index contributed by atoms with van der Waals surface area (Å²) in [7, 11) is 0.